The van der Waals surface area contributed by atoms with Gasteiger partial charge >= 0.3 is 0 Å². The average Bonchev–Trinajstić information content (AvgIpc) is 2.84. The third-order valence-electron chi connectivity index (χ3n) is 3.66. The van der Waals surface area contributed by atoms with Crippen LogP contribution < -0.4 is 0 Å². The van der Waals surface area contributed by atoms with Gasteiger partial charge in [0, 0.05) is 12.5 Å². The molecular weight excluding hydrogens is 256 g/mol. The molecule has 1 saturated heterocycles. The van der Waals surface area contributed by atoms with Gasteiger partial charge in [-0.2, -0.15) is 5.10 Å². The first-order chi connectivity index (χ1) is 9.54. The van der Waals surface area contributed by atoms with E-state index >= 15 is 0 Å². The van der Waals surface area contributed by atoms with Crippen molar-refractivity contribution < 1.29 is 9.84 Å². The molecule has 1 atom stereocenters. The van der Waals surface area contributed by atoms with Crippen LogP contribution in [-0.2, 0) is 4.74 Å². The van der Waals surface area contributed by atoms with Gasteiger partial charge in [-0.05, 0) is 46.7 Å². The Balaban J connectivity index is 1.71. The molecule has 1 aliphatic rings. The molecule has 1 fully saturated rings. The van der Waals surface area contributed by atoms with Crippen LogP contribution in [0.25, 0.3) is 0 Å². The Morgan fingerprint density at radius 3 is 2.65 bits per heavy atom. The van der Waals surface area contributed by atoms with Gasteiger partial charge in [-0.1, -0.05) is 0 Å². The molecule has 114 valence electrons. The topological polar surface area (TPSA) is 74.3 Å². The summed E-state index contributed by atoms with van der Waals surface area (Å²) >= 11 is 0. The first-order valence-electron chi connectivity index (χ1n) is 7.45. The van der Waals surface area contributed by atoms with E-state index in [0.717, 1.165) is 37.6 Å². The van der Waals surface area contributed by atoms with Crippen molar-refractivity contribution in [2.45, 2.75) is 51.7 Å². The number of aromatic amines is 1. The highest BCUT2D eigenvalue weighted by Crippen LogP contribution is 2.25. The summed E-state index contributed by atoms with van der Waals surface area (Å²) in [6.07, 6.45) is 1.87. The van der Waals surface area contributed by atoms with E-state index in [0.29, 0.717) is 19.1 Å². The number of piperidine rings is 1. The molecule has 0 spiro atoms. The maximum Gasteiger partial charge on any atom is 0.153 e. The van der Waals surface area contributed by atoms with Crippen molar-refractivity contribution in [3.05, 3.63) is 11.6 Å². The van der Waals surface area contributed by atoms with Crippen molar-refractivity contribution in [2.24, 2.45) is 0 Å². The smallest absolute Gasteiger partial charge is 0.153 e. The van der Waals surface area contributed by atoms with Crippen LogP contribution in [0.1, 0.15) is 44.3 Å². The number of β-amino-alcohol motifs (C(OH)–C–C–N with tert-alkyl or cyclic N) is 1. The minimum Gasteiger partial charge on any atom is -0.389 e. The van der Waals surface area contributed by atoms with Gasteiger partial charge in [0.1, 0.15) is 5.82 Å². The molecule has 20 heavy (non-hydrogen) atoms. The Labute approximate surface area is 120 Å². The van der Waals surface area contributed by atoms with E-state index < -0.39 is 6.10 Å². The van der Waals surface area contributed by atoms with Crippen LogP contribution in [0.4, 0.5) is 0 Å². The van der Waals surface area contributed by atoms with Crippen LogP contribution in [0.3, 0.4) is 0 Å². The summed E-state index contributed by atoms with van der Waals surface area (Å²) in [6.45, 7) is 8.96. The van der Waals surface area contributed by atoms with Crippen LogP contribution in [0, 0.1) is 6.92 Å². The summed E-state index contributed by atoms with van der Waals surface area (Å²) < 4.78 is 5.44. The van der Waals surface area contributed by atoms with Crippen molar-refractivity contribution in [1.82, 2.24) is 20.1 Å². The van der Waals surface area contributed by atoms with Crippen molar-refractivity contribution >= 4 is 0 Å². The number of aliphatic hydroxyl groups excluding tert-OH is 1. The maximum atomic E-state index is 9.94. The minimum absolute atomic E-state index is 0.171. The van der Waals surface area contributed by atoms with E-state index in [1.165, 1.54) is 0 Å². The first-order valence-corrected chi connectivity index (χ1v) is 7.45. The lowest BCUT2D eigenvalue weighted by Crippen LogP contribution is -2.40. The van der Waals surface area contributed by atoms with E-state index in [4.69, 9.17) is 4.74 Å². The van der Waals surface area contributed by atoms with Crippen molar-refractivity contribution in [2.75, 3.05) is 26.2 Å². The van der Waals surface area contributed by atoms with Gasteiger partial charge < -0.3 is 14.7 Å². The molecular formula is C14H26N4O2. The number of hydrogen-bond donors (Lipinski definition) is 2. The Kier molecular flexibility index (Phi) is 5.51. The number of aliphatic hydroxyl groups is 1. The third kappa shape index (κ3) is 4.54. The van der Waals surface area contributed by atoms with Crippen LogP contribution in [0.15, 0.2) is 0 Å². The summed E-state index contributed by atoms with van der Waals surface area (Å²) in [4.78, 5) is 6.71. The maximum absolute atomic E-state index is 9.94. The summed E-state index contributed by atoms with van der Waals surface area (Å²) in [6, 6.07) is 0. The molecule has 1 aliphatic heterocycles. The SMILES string of the molecule is Cc1nc(C2CCN(CC(O)COC(C)C)CC2)n[nH]1. The summed E-state index contributed by atoms with van der Waals surface area (Å²) in [7, 11) is 0. The first kappa shape index (κ1) is 15.4. The van der Waals surface area contributed by atoms with E-state index in [1.807, 2.05) is 20.8 Å². The van der Waals surface area contributed by atoms with Crippen molar-refractivity contribution in [1.29, 1.82) is 0 Å². The number of aromatic nitrogens is 3. The molecule has 1 aromatic rings. The monoisotopic (exact) mass is 282 g/mol. The number of hydrogen-bond acceptors (Lipinski definition) is 5. The Morgan fingerprint density at radius 1 is 1.40 bits per heavy atom. The standard InChI is InChI=1S/C14H26N4O2/c1-10(2)20-9-13(19)8-18-6-4-12(5-7-18)14-15-11(3)16-17-14/h10,12-13,19H,4-9H2,1-3H3,(H,15,16,17). The number of ether oxygens (including phenoxy) is 1. The minimum atomic E-state index is -0.403. The van der Waals surface area contributed by atoms with Crippen LogP contribution in [0.5, 0.6) is 0 Å². The van der Waals surface area contributed by atoms with Gasteiger partial charge in [0.15, 0.2) is 5.82 Å². The van der Waals surface area contributed by atoms with Crippen LogP contribution in [0.2, 0.25) is 0 Å². The number of rotatable bonds is 6. The fourth-order valence-corrected chi connectivity index (χ4v) is 2.57. The number of H-pyrrole nitrogens is 1. The summed E-state index contributed by atoms with van der Waals surface area (Å²) in [5.41, 5.74) is 0. The Morgan fingerprint density at radius 2 is 2.10 bits per heavy atom. The molecule has 0 saturated carbocycles. The predicted octanol–water partition coefficient (Wildman–Crippen LogP) is 1.08. The van der Waals surface area contributed by atoms with E-state index in [1.54, 1.807) is 0 Å². The Hall–Kier alpha value is -0.980. The molecule has 0 amide bonds. The van der Waals surface area contributed by atoms with Crippen LogP contribution >= 0.6 is 0 Å². The van der Waals surface area contributed by atoms with Crippen molar-refractivity contribution in [3.8, 4) is 0 Å². The molecule has 1 aromatic heterocycles. The summed E-state index contributed by atoms with van der Waals surface area (Å²) in [5.74, 6) is 2.26. The zero-order chi connectivity index (χ0) is 14.5. The molecule has 0 aliphatic carbocycles. The van der Waals surface area contributed by atoms with Crippen LogP contribution in [-0.4, -0.2) is 63.6 Å². The number of nitrogens with zero attached hydrogens (tertiary/aromatic N) is 3. The van der Waals surface area contributed by atoms with E-state index in [9.17, 15) is 5.11 Å². The van der Waals surface area contributed by atoms with Crippen molar-refractivity contribution in [3.63, 3.8) is 0 Å². The summed E-state index contributed by atoms with van der Waals surface area (Å²) in [5, 5.41) is 17.1. The second kappa shape index (κ2) is 7.15. The zero-order valence-corrected chi connectivity index (χ0v) is 12.7. The molecule has 1 unspecified atom stereocenters. The average molecular weight is 282 g/mol. The number of nitrogens with one attached hydrogen (secondary N) is 1. The highest BCUT2D eigenvalue weighted by molar-refractivity contribution is 4.99. The second-order valence-corrected chi connectivity index (χ2v) is 5.89. The third-order valence-corrected chi connectivity index (χ3v) is 3.66. The molecule has 2 heterocycles. The highest BCUT2D eigenvalue weighted by Gasteiger charge is 2.24. The van der Waals surface area contributed by atoms with Gasteiger partial charge in [0.25, 0.3) is 0 Å². The largest absolute Gasteiger partial charge is 0.389 e. The van der Waals surface area contributed by atoms with E-state index in [-0.39, 0.29) is 6.10 Å². The lowest BCUT2D eigenvalue weighted by atomic mass is 9.96. The highest BCUT2D eigenvalue weighted by atomic mass is 16.5. The molecule has 0 radical (unpaired) electrons. The fourth-order valence-electron chi connectivity index (χ4n) is 2.57. The molecule has 6 heteroatoms. The van der Waals surface area contributed by atoms with Gasteiger partial charge in [-0.15, -0.1) is 0 Å². The fraction of sp³-hybridized carbons (Fsp3) is 0.857. The van der Waals surface area contributed by atoms with E-state index in [2.05, 4.69) is 20.1 Å². The second-order valence-electron chi connectivity index (χ2n) is 5.89. The molecule has 2 rings (SSSR count). The quantitative estimate of drug-likeness (QED) is 0.816. The Bertz CT molecular complexity index is 400. The molecule has 2 N–H and O–H groups in total. The molecule has 0 bridgehead atoms. The molecule has 0 aromatic carbocycles. The number of aryl methyl sites for hydroxylation is 1. The normalized spacial score (nSPS) is 19.6. The van der Waals surface area contributed by atoms with Gasteiger partial charge in [-0.25, -0.2) is 4.98 Å². The predicted molar refractivity (Wildman–Crippen MR) is 76.6 cm³/mol. The van der Waals surface area contributed by atoms with Gasteiger partial charge in [0.2, 0.25) is 0 Å². The molecule has 6 nitrogen and oxygen atoms in total. The lowest BCUT2D eigenvalue weighted by molar-refractivity contribution is -0.0112. The lowest BCUT2D eigenvalue weighted by Gasteiger charge is -2.32. The zero-order valence-electron chi connectivity index (χ0n) is 12.7. The number of likely N-dealkylation sites (tertiary alicyclic amines) is 1. The van der Waals surface area contributed by atoms with Gasteiger partial charge in [-0.3, -0.25) is 5.10 Å². The van der Waals surface area contributed by atoms with Gasteiger partial charge in [0.05, 0.1) is 18.8 Å².